The van der Waals surface area contributed by atoms with E-state index in [9.17, 15) is 0 Å². The van der Waals surface area contributed by atoms with Gasteiger partial charge in [-0.3, -0.25) is 4.90 Å². The molecule has 4 nitrogen and oxygen atoms in total. The Morgan fingerprint density at radius 2 is 1.67 bits per heavy atom. The molecule has 0 spiro atoms. The average Bonchev–Trinajstić information content (AvgIpc) is 2.32. The molecule has 0 bridgehead atoms. The second kappa shape index (κ2) is 7.86. The Kier molecular flexibility index (Phi) is 6.81. The van der Waals surface area contributed by atoms with Gasteiger partial charge in [0.1, 0.15) is 0 Å². The normalized spacial score (nSPS) is 14.8. The maximum Gasteiger partial charge on any atom is 0.0558 e. The second-order valence-electron chi connectivity index (χ2n) is 4.34. The third-order valence-corrected chi connectivity index (χ3v) is 3.41. The number of nitrogens with two attached hydrogens (primary N) is 1. The standard InChI is InChI=1S/C13H21BrN2O2/c1-10(15)13(16(6-8-17)7-9-18)11-2-4-12(14)5-3-11/h2-5,10,13,17-18H,6-9,15H2,1H3. The van der Waals surface area contributed by atoms with E-state index in [1.165, 1.54) is 0 Å². The molecule has 0 heterocycles. The van der Waals surface area contributed by atoms with Crippen LogP contribution in [0.5, 0.6) is 0 Å². The first-order chi connectivity index (χ1) is 8.60. The molecule has 0 aliphatic heterocycles. The molecular formula is C13H21BrN2O2. The summed E-state index contributed by atoms with van der Waals surface area (Å²) in [7, 11) is 0. The Morgan fingerprint density at radius 1 is 1.17 bits per heavy atom. The summed E-state index contributed by atoms with van der Waals surface area (Å²) in [6.07, 6.45) is 0. The number of rotatable bonds is 7. The maximum absolute atomic E-state index is 9.11. The summed E-state index contributed by atoms with van der Waals surface area (Å²) in [6, 6.07) is 7.89. The van der Waals surface area contributed by atoms with E-state index < -0.39 is 0 Å². The first-order valence-electron chi connectivity index (χ1n) is 6.07. The molecule has 1 rings (SSSR count). The number of hydrogen-bond donors (Lipinski definition) is 3. The number of aliphatic hydroxyl groups excluding tert-OH is 2. The Balaban J connectivity index is 2.95. The van der Waals surface area contributed by atoms with Gasteiger partial charge < -0.3 is 15.9 Å². The van der Waals surface area contributed by atoms with Gasteiger partial charge in [-0.1, -0.05) is 28.1 Å². The van der Waals surface area contributed by atoms with Gasteiger partial charge in [-0.15, -0.1) is 0 Å². The van der Waals surface area contributed by atoms with Crippen LogP contribution in [0.4, 0.5) is 0 Å². The summed E-state index contributed by atoms with van der Waals surface area (Å²) in [5.74, 6) is 0. The summed E-state index contributed by atoms with van der Waals surface area (Å²) < 4.78 is 1.02. The van der Waals surface area contributed by atoms with Gasteiger partial charge in [0.2, 0.25) is 0 Å². The van der Waals surface area contributed by atoms with Crippen molar-refractivity contribution < 1.29 is 10.2 Å². The van der Waals surface area contributed by atoms with Gasteiger partial charge in [-0.05, 0) is 24.6 Å². The zero-order valence-corrected chi connectivity index (χ0v) is 12.2. The minimum Gasteiger partial charge on any atom is -0.395 e. The second-order valence-corrected chi connectivity index (χ2v) is 5.25. The molecular weight excluding hydrogens is 296 g/mol. The van der Waals surface area contributed by atoms with Crippen molar-refractivity contribution in [2.45, 2.75) is 19.0 Å². The SMILES string of the molecule is CC(N)C(c1ccc(Br)cc1)N(CCO)CCO. The molecule has 5 heteroatoms. The third kappa shape index (κ3) is 4.33. The molecule has 1 aromatic carbocycles. The van der Waals surface area contributed by atoms with E-state index in [4.69, 9.17) is 15.9 Å². The van der Waals surface area contributed by atoms with E-state index >= 15 is 0 Å². The summed E-state index contributed by atoms with van der Waals surface area (Å²) in [5, 5.41) is 18.2. The zero-order chi connectivity index (χ0) is 13.5. The molecule has 18 heavy (non-hydrogen) atoms. The highest BCUT2D eigenvalue weighted by atomic mass is 79.9. The van der Waals surface area contributed by atoms with Crippen molar-refractivity contribution in [3.63, 3.8) is 0 Å². The van der Waals surface area contributed by atoms with Crippen LogP contribution in [-0.2, 0) is 0 Å². The van der Waals surface area contributed by atoms with Crippen molar-refractivity contribution >= 4 is 15.9 Å². The minimum atomic E-state index is -0.0794. The van der Waals surface area contributed by atoms with E-state index in [0.717, 1.165) is 10.0 Å². The Morgan fingerprint density at radius 3 is 2.06 bits per heavy atom. The highest BCUT2D eigenvalue weighted by Gasteiger charge is 2.23. The van der Waals surface area contributed by atoms with Crippen molar-refractivity contribution in [3.8, 4) is 0 Å². The Labute approximate surface area is 117 Å². The van der Waals surface area contributed by atoms with Gasteiger partial charge in [-0.2, -0.15) is 0 Å². The van der Waals surface area contributed by atoms with E-state index in [2.05, 4.69) is 15.9 Å². The van der Waals surface area contributed by atoms with Crippen LogP contribution < -0.4 is 5.73 Å². The first kappa shape index (κ1) is 15.6. The highest BCUT2D eigenvalue weighted by Crippen LogP contribution is 2.24. The molecule has 0 fully saturated rings. The van der Waals surface area contributed by atoms with Crippen molar-refractivity contribution in [3.05, 3.63) is 34.3 Å². The van der Waals surface area contributed by atoms with E-state index in [0.29, 0.717) is 13.1 Å². The van der Waals surface area contributed by atoms with Gasteiger partial charge in [0.15, 0.2) is 0 Å². The van der Waals surface area contributed by atoms with Crippen molar-refractivity contribution in [1.29, 1.82) is 0 Å². The fourth-order valence-electron chi connectivity index (χ4n) is 2.15. The van der Waals surface area contributed by atoms with Gasteiger partial charge >= 0.3 is 0 Å². The largest absolute Gasteiger partial charge is 0.395 e. The van der Waals surface area contributed by atoms with Crippen molar-refractivity contribution in [2.75, 3.05) is 26.3 Å². The summed E-state index contributed by atoms with van der Waals surface area (Å²) in [5.41, 5.74) is 7.14. The van der Waals surface area contributed by atoms with Gasteiger partial charge in [0, 0.05) is 29.6 Å². The van der Waals surface area contributed by atoms with Crippen molar-refractivity contribution in [2.24, 2.45) is 5.73 Å². The minimum absolute atomic E-state index is 0.00241. The van der Waals surface area contributed by atoms with E-state index in [1.54, 1.807) is 0 Å². The van der Waals surface area contributed by atoms with Gasteiger partial charge in [-0.25, -0.2) is 0 Å². The molecule has 0 aliphatic carbocycles. The molecule has 0 aromatic heterocycles. The molecule has 0 amide bonds. The lowest BCUT2D eigenvalue weighted by Gasteiger charge is -2.33. The molecule has 4 N–H and O–H groups in total. The van der Waals surface area contributed by atoms with Crippen LogP contribution in [0, 0.1) is 0 Å². The number of aliphatic hydroxyl groups is 2. The van der Waals surface area contributed by atoms with Gasteiger partial charge in [0.05, 0.1) is 13.2 Å². The quantitative estimate of drug-likeness (QED) is 0.705. The summed E-state index contributed by atoms with van der Waals surface area (Å²) in [6.45, 7) is 3.06. The molecule has 2 unspecified atom stereocenters. The molecule has 0 saturated carbocycles. The number of hydrogen-bond acceptors (Lipinski definition) is 4. The summed E-state index contributed by atoms with van der Waals surface area (Å²) in [4.78, 5) is 2.01. The van der Waals surface area contributed by atoms with Crippen LogP contribution in [0.2, 0.25) is 0 Å². The van der Waals surface area contributed by atoms with Crippen LogP contribution in [0.3, 0.4) is 0 Å². The molecule has 0 radical (unpaired) electrons. The van der Waals surface area contributed by atoms with Crippen LogP contribution in [0.25, 0.3) is 0 Å². The van der Waals surface area contributed by atoms with Crippen LogP contribution in [0.15, 0.2) is 28.7 Å². The number of halogens is 1. The van der Waals surface area contributed by atoms with Crippen LogP contribution in [0.1, 0.15) is 18.5 Å². The maximum atomic E-state index is 9.11. The lowest BCUT2D eigenvalue weighted by atomic mass is 9.99. The van der Waals surface area contributed by atoms with Crippen LogP contribution >= 0.6 is 15.9 Å². The third-order valence-electron chi connectivity index (χ3n) is 2.88. The predicted molar refractivity (Wildman–Crippen MR) is 76.3 cm³/mol. The van der Waals surface area contributed by atoms with Crippen molar-refractivity contribution in [1.82, 2.24) is 4.90 Å². The smallest absolute Gasteiger partial charge is 0.0558 e. The lowest BCUT2D eigenvalue weighted by Crippen LogP contribution is -2.42. The molecule has 0 saturated heterocycles. The van der Waals surface area contributed by atoms with E-state index in [-0.39, 0.29) is 25.3 Å². The molecule has 0 aliphatic rings. The predicted octanol–water partition coefficient (Wildman–Crippen LogP) is 1.12. The molecule has 1 aromatic rings. The fraction of sp³-hybridized carbons (Fsp3) is 0.538. The lowest BCUT2D eigenvalue weighted by molar-refractivity contribution is 0.111. The van der Waals surface area contributed by atoms with Gasteiger partial charge in [0.25, 0.3) is 0 Å². The van der Waals surface area contributed by atoms with E-state index in [1.807, 2.05) is 36.1 Å². The first-order valence-corrected chi connectivity index (χ1v) is 6.86. The zero-order valence-electron chi connectivity index (χ0n) is 10.6. The average molecular weight is 317 g/mol. The topological polar surface area (TPSA) is 69.7 Å². The van der Waals surface area contributed by atoms with Crippen LogP contribution in [-0.4, -0.2) is 47.5 Å². The highest BCUT2D eigenvalue weighted by molar-refractivity contribution is 9.10. The summed E-state index contributed by atoms with van der Waals surface area (Å²) >= 11 is 3.41. The molecule has 2 atom stereocenters. The Bertz CT molecular complexity index is 337. The monoisotopic (exact) mass is 316 g/mol. The fourth-order valence-corrected chi connectivity index (χ4v) is 2.42. The number of nitrogens with zero attached hydrogens (tertiary/aromatic N) is 1. The number of benzene rings is 1. The molecule has 102 valence electrons. The Hall–Kier alpha value is -0.460.